The first-order valence-corrected chi connectivity index (χ1v) is 8.76. The van der Waals surface area contributed by atoms with Crippen LogP contribution in [0.15, 0.2) is 42.5 Å². The molecule has 1 saturated heterocycles. The normalized spacial score (nSPS) is 22.3. The largest absolute Gasteiger partial charge is 0.341 e. The summed E-state index contributed by atoms with van der Waals surface area (Å²) in [4.78, 5) is 26.4. The standard InChI is InChI=1S/C21H22N2O2/c1-13(24)14-4-3-5-15(8-14)16-6-7-18-19(9-16)21(25)23(2)12-17-10-22-11-20(17)18/h3-9,17,20,22H,10-12H2,1-2H3/t17-,20?/m0/s1. The van der Waals surface area contributed by atoms with E-state index >= 15 is 0 Å². The molecular formula is C21H22N2O2. The van der Waals surface area contributed by atoms with Crippen molar-refractivity contribution in [3.05, 3.63) is 59.2 Å². The van der Waals surface area contributed by atoms with Crippen LogP contribution in [0.5, 0.6) is 0 Å². The zero-order valence-corrected chi connectivity index (χ0v) is 14.6. The van der Waals surface area contributed by atoms with E-state index in [0.717, 1.165) is 41.9 Å². The third-order valence-corrected chi connectivity index (χ3v) is 5.48. The summed E-state index contributed by atoms with van der Waals surface area (Å²) in [6.45, 7) is 4.25. The number of nitrogens with one attached hydrogen (secondary N) is 1. The van der Waals surface area contributed by atoms with Gasteiger partial charge in [0.2, 0.25) is 0 Å². The van der Waals surface area contributed by atoms with Crippen LogP contribution in [0, 0.1) is 5.92 Å². The predicted octanol–water partition coefficient (Wildman–Crippen LogP) is 2.94. The van der Waals surface area contributed by atoms with Gasteiger partial charge in [-0.25, -0.2) is 0 Å². The van der Waals surface area contributed by atoms with E-state index in [0.29, 0.717) is 17.4 Å². The molecule has 4 rings (SSSR count). The Labute approximate surface area is 147 Å². The maximum atomic E-state index is 12.9. The van der Waals surface area contributed by atoms with Crippen LogP contribution < -0.4 is 5.32 Å². The van der Waals surface area contributed by atoms with Gasteiger partial charge in [0.25, 0.3) is 5.91 Å². The topological polar surface area (TPSA) is 49.4 Å². The van der Waals surface area contributed by atoms with Crippen molar-refractivity contribution in [2.24, 2.45) is 5.92 Å². The van der Waals surface area contributed by atoms with Crippen molar-refractivity contribution in [3.8, 4) is 11.1 Å². The van der Waals surface area contributed by atoms with Crippen LogP contribution in [0.3, 0.4) is 0 Å². The molecule has 25 heavy (non-hydrogen) atoms. The summed E-state index contributed by atoms with van der Waals surface area (Å²) in [7, 11) is 1.88. The van der Waals surface area contributed by atoms with E-state index in [1.54, 1.807) is 6.92 Å². The molecule has 1 unspecified atom stereocenters. The summed E-state index contributed by atoms with van der Waals surface area (Å²) in [5, 5.41) is 3.46. The number of nitrogens with zero attached hydrogens (tertiary/aromatic N) is 1. The molecule has 1 fully saturated rings. The van der Waals surface area contributed by atoms with Gasteiger partial charge < -0.3 is 10.2 Å². The SMILES string of the molecule is CC(=O)c1cccc(-c2ccc3c(c2)C(=O)N(C)C[C@@H]2CNCC32)c1. The van der Waals surface area contributed by atoms with Gasteiger partial charge in [0.1, 0.15) is 0 Å². The minimum absolute atomic E-state index is 0.0484. The van der Waals surface area contributed by atoms with Crippen LogP contribution in [-0.4, -0.2) is 43.3 Å². The van der Waals surface area contributed by atoms with Crippen LogP contribution >= 0.6 is 0 Å². The number of benzene rings is 2. The first kappa shape index (κ1) is 16.0. The first-order chi connectivity index (χ1) is 12.0. The van der Waals surface area contributed by atoms with E-state index < -0.39 is 0 Å². The number of amides is 1. The molecule has 0 saturated carbocycles. The molecule has 1 amide bonds. The molecule has 128 valence electrons. The van der Waals surface area contributed by atoms with Crippen molar-refractivity contribution in [1.82, 2.24) is 10.2 Å². The average molecular weight is 334 g/mol. The third-order valence-electron chi connectivity index (χ3n) is 5.48. The lowest BCUT2D eigenvalue weighted by Gasteiger charge is -2.19. The van der Waals surface area contributed by atoms with Crippen LogP contribution in [0.25, 0.3) is 11.1 Å². The second kappa shape index (κ2) is 6.12. The second-order valence-corrected chi connectivity index (χ2v) is 7.15. The van der Waals surface area contributed by atoms with E-state index in [2.05, 4.69) is 17.4 Å². The van der Waals surface area contributed by atoms with Crippen LogP contribution in [0.2, 0.25) is 0 Å². The van der Waals surface area contributed by atoms with Gasteiger partial charge in [-0.15, -0.1) is 0 Å². The van der Waals surface area contributed by atoms with Crippen molar-refractivity contribution in [2.45, 2.75) is 12.8 Å². The number of carbonyl (C=O) groups is 2. The fraction of sp³-hybridized carbons (Fsp3) is 0.333. The highest BCUT2D eigenvalue weighted by atomic mass is 16.2. The highest BCUT2D eigenvalue weighted by Gasteiger charge is 2.36. The first-order valence-electron chi connectivity index (χ1n) is 8.76. The van der Waals surface area contributed by atoms with Gasteiger partial charge >= 0.3 is 0 Å². The molecule has 4 heteroatoms. The predicted molar refractivity (Wildman–Crippen MR) is 97.9 cm³/mol. The summed E-state index contributed by atoms with van der Waals surface area (Å²) in [5.74, 6) is 1.00. The molecule has 2 aliphatic heterocycles. The Kier molecular flexibility index (Phi) is 3.92. The van der Waals surface area contributed by atoms with E-state index in [1.165, 1.54) is 0 Å². The Bertz CT molecular complexity index is 859. The molecule has 0 spiro atoms. The molecule has 0 radical (unpaired) electrons. The average Bonchev–Trinajstić information content (AvgIpc) is 3.05. The number of hydrogen-bond donors (Lipinski definition) is 1. The van der Waals surface area contributed by atoms with Crippen molar-refractivity contribution < 1.29 is 9.59 Å². The summed E-state index contributed by atoms with van der Waals surface area (Å²) in [6.07, 6.45) is 0. The summed E-state index contributed by atoms with van der Waals surface area (Å²) < 4.78 is 0. The number of hydrogen-bond acceptors (Lipinski definition) is 3. The Hall–Kier alpha value is -2.46. The molecule has 1 N–H and O–H groups in total. The van der Waals surface area contributed by atoms with Crippen molar-refractivity contribution >= 4 is 11.7 Å². The Morgan fingerprint density at radius 3 is 2.72 bits per heavy atom. The second-order valence-electron chi connectivity index (χ2n) is 7.15. The van der Waals surface area contributed by atoms with Gasteiger partial charge in [-0.1, -0.05) is 30.3 Å². The number of carbonyl (C=O) groups excluding carboxylic acids is 2. The lowest BCUT2D eigenvalue weighted by molar-refractivity contribution is 0.0784. The van der Waals surface area contributed by atoms with Crippen LogP contribution in [-0.2, 0) is 0 Å². The summed E-state index contributed by atoms with van der Waals surface area (Å²) in [6, 6.07) is 13.8. The molecule has 0 aromatic heterocycles. The quantitative estimate of drug-likeness (QED) is 0.859. The smallest absolute Gasteiger partial charge is 0.253 e. The molecule has 2 aromatic carbocycles. The van der Waals surface area contributed by atoms with E-state index in [9.17, 15) is 9.59 Å². The Morgan fingerprint density at radius 2 is 1.92 bits per heavy atom. The van der Waals surface area contributed by atoms with Crippen LogP contribution in [0.1, 0.15) is 39.1 Å². The molecule has 2 heterocycles. The summed E-state index contributed by atoms with van der Waals surface area (Å²) in [5.41, 5.74) is 4.58. The minimum Gasteiger partial charge on any atom is -0.341 e. The van der Waals surface area contributed by atoms with Crippen molar-refractivity contribution in [2.75, 3.05) is 26.7 Å². The summed E-state index contributed by atoms with van der Waals surface area (Å²) >= 11 is 0. The maximum absolute atomic E-state index is 12.9. The van der Waals surface area contributed by atoms with Gasteiger partial charge in [-0.3, -0.25) is 9.59 Å². The van der Waals surface area contributed by atoms with Gasteiger partial charge in [-0.05, 0) is 41.7 Å². The van der Waals surface area contributed by atoms with E-state index in [1.807, 2.05) is 42.3 Å². The van der Waals surface area contributed by atoms with Crippen molar-refractivity contribution in [3.63, 3.8) is 0 Å². The number of rotatable bonds is 2. The lowest BCUT2D eigenvalue weighted by Crippen LogP contribution is -2.31. The van der Waals surface area contributed by atoms with Gasteiger partial charge in [-0.2, -0.15) is 0 Å². The minimum atomic E-state index is 0.0484. The van der Waals surface area contributed by atoms with Crippen LogP contribution in [0.4, 0.5) is 0 Å². The van der Waals surface area contributed by atoms with E-state index in [-0.39, 0.29) is 11.7 Å². The fourth-order valence-electron chi connectivity index (χ4n) is 4.09. The van der Waals surface area contributed by atoms with Gasteiger partial charge in [0, 0.05) is 43.7 Å². The molecular weight excluding hydrogens is 312 g/mol. The third kappa shape index (κ3) is 2.76. The zero-order chi connectivity index (χ0) is 17.6. The molecule has 4 nitrogen and oxygen atoms in total. The molecule has 2 aliphatic rings. The molecule has 2 aromatic rings. The molecule has 2 atom stereocenters. The zero-order valence-electron chi connectivity index (χ0n) is 14.6. The maximum Gasteiger partial charge on any atom is 0.253 e. The molecule has 0 bridgehead atoms. The highest BCUT2D eigenvalue weighted by Crippen LogP contribution is 2.36. The number of ketones is 1. The fourth-order valence-corrected chi connectivity index (χ4v) is 4.09. The molecule has 0 aliphatic carbocycles. The van der Waals surface area contributed by atoms with Gasteiger partial charge in [0.05, 0.1) is 0 Å². The number of fused-ring (bicyclic) bond motifs is 3. The van der Waals surface area contributed by atoms with Gasteiger partial charge in [0.15, 0.2) is 5.78 Å². The van der Waals surface area contributed by atoms with E-state index in [4.69, 9.17) is 0 Å². The Morgan fingerprint density at radius 1 is 1.12 bits per heavy atom. The Balaban J connectivity index is 1.81. The number of Topliss-reactive ketones (excluding diaryl/α,β-unsaturated/α-hetero) is 1. The highest BCUT2D eigenvalue weighted by molar-refractivity contribution is 5.98. The van der Waals surface area contributed by atoms with Crippen molar-refractivity contribution in [1.29, 1.82) is 0 Å². The lowest BCUT2D eigenvalue weighted by atomic mass is 9.86. The monoisotopic (exact) mass is 334 g/mol.